The van der Waals surface area contributed by atoms with Gasteiger partial charge in [0.15, 0.2) is 5.96 Å². The van der Waals surface area contributed by atoms with E-state index in [4.69, 9.17) is 21.3 Å². The lowest BCUT2D eigenvalue weighted by Crippen LogP contribution is -2.44. The molecule has 6 nitrogen and oxygen atoms in total. The van der Waals surface area contributed by atoms with Crippen molar-refractivity contribution in [2.24, 2.45) is 4.99 Å². The summed E-state index contributed by atoms with van der Waals surface area (Å²) in [5, 5.41) is 6.29. The predicted octanol–water partition coefficient (Wildman–Crippen LogP) is 3.51. The maximum Gasteiger partial charge on any atom is 0.407 e. The van der Waals surface area contributed by atoms with Crippen molar-refractivity contribution in [1.29, 1.82) is 0 Å². The number of likely N-dealkylation sites (tertiary alicyclic amines) is 1. The van der Waals surface area contributed by atoms with Gasteiger partial charge in [-0.25, -0.2) is 4.79 Å². The molecule has 1 aromatic rings. The molecule has 2 heterocycles. The van der Waals surface area contributed by atoms with Gasteiger partial charge >= 0.3 is 6.09 Å². The number of amides is 1. The zero-order valence-electron chi connectivity index (χ0n) is 16.0. The molecule has 1 atom stereocenters. The number of carbonyl (C=O) groups excluding carboxylic acids is 1. The molecule has 0 spiro atoms. The summed E-state index contributed by atoms with van der Waals surface area (Å²) in [7, 11) is 0. The maximum absolute atomic E-state index is 11.9. The molecule has 146 valence electrons. The Bertz CT molecular complexity index is 627. The number of nitrogens with zero attached hydrogens (tertiary/aromatic N) is 2. The summed E-state index contributed by atoms with van der Waals surface area (Å²) in [6.07, 6.45) is 1.39. The van der Waals surface area contributed by atoms with Crippen LogP contribution in [0.5, 0.6) is 0 Å². The molecular weight excluding hydrogens is 372 g/mol. The standard InChI is InChI=1S/C18H29ClN4O2S/c1-5-20-16(21-10-8-14-6-7-15(19)26-14)23-11-9-13(12-23)22-17(24)25-18(2,3)4/h6-7,13H,5,8-12H2,1-4H3,(H,20,21)(H,22,24). The molecule has 1 aromatic heterocycles. The molecule has 1 saturated heterocycles. The fourth-order valence-corrected chi connectivity index (χ4v) is 3.80. The van der Waals surface area contributed by atoms with E-state index in [-0.39, 0.29) is 12.1 Å². The van der Waals surface area contributed by atoms with Gasteiger partial charge in [-0.3, -0.25) is 4.99 Å². The van der Waals surface area contributed by atoms with Crippen LogP contribution < -0.4 is 10.6 Å². The summed E-state index contributed by atoms with van der Waals surface area (Å²) >= 11 is 7.57. The first kappa shape index (κ1) is 20.8. The monoisotopic (exact) mass is 400 g/mol. The first-order valence-corrected chi connectivity index (χ1v) is 10.2. The van der Waals surface area contributed by atoms with Crippen LogP contribution >= 0.6 is 22.9 Å². The number of alkyl carbamates (subject to hydrolysis) is 1. The third-order valence-corrected chi connectivity index (χ3v) is 5.08. The zero-order chi connectivity index (χ0) is 19.2. The van der Waals surface area contributed by atoms with E-state index in [0.29, 0.717) is 6.54 Å². The largest absolute Gasteiger partial charge is 0.444 e. The molecule has 1 aliphatic heterocycles. The molecular formula is C18H29ClN4O2S. The number of ether oxygens (including phenoxy) is 1. The zero-order valence-corrected chi connectivity index (χ0v) is 17.5. The third-order valence-electron chi connectivity index (χ3n) is 3.79. The van der Waals surface area contributed by atoms with Gasteiger partial charge in [0.2, 0.25) is 0 Å². The smallest absolute Gasteiger partial charge is 0.407 e. The lowest BCUT2D eigenvalue weighted by atomic mass is 10.2. The molecule has 1 unspecified atom stereocenters. The highest BCUT2D eigenvalue weighted by Crippen LogP contribution is 2.21. The van der Waals surface area contributed by atoms with E-state index in [9.17, 15) is 4.79 Å². The first-order valence-electron chi connectivity index (χ1n) is 9.04. The Labute approximate surface area is 165 Å². The number of rotatable bonds is 5. The van der Waals surface area contributed by atoms with E-state index in [1.165, 1.54) is 4.88 Å². The normalized spacial score (nSPS) is 18.1. The van der Waals surface area contributed by atoms with Crippen LogP contribution in [-0.4, -0.2) is 54.8 Å². The molecule has 0 aromatic carbocycles. The van der Waals surface area contributed by atoms with Gasteiger partial charge in [-0.05, 0) is 46.2 Å². The number of aliphatic imine (C=N–C) groups is 1. The second kappa shape index (κ2) is 9.46. The van der Waals surface area contributed by atoms with Gasteiger partial charge in [-0.1, -0.05) is 11.6 Å². The van der Waals surface area contributed by atoms with Gasteiger partial charge in [0, 0.05) is 37.5 Å². The first-order chi connectivity index (χ1) is 12.3. The minimum atomic E-state index is -0.483. The van der Waals surface area contributed by atoms with Crippen LogP contribution in [0.15, 0.2) is 17.1 Å². The molecule has 2 N–H and O–H groups in total. The molecule has 1 amide bonds. The number of hydrogen-bond donors (Lipinski definition) is 2. The number of guanidine groups is 1. The minimum Gasteiger partial charge on any atom is -0.444 e. The summed E-state index contributed by atoms with van der Waals surface area (Å²) in [5.41, 5.74) is -0.483. The van der Waals surface area contributed by atoms with Crippen LogP contribution in [-0.2, 0) is 11.2 Å². The average molecular weight is 401 g/mol. The highest BCUT2D eigenvalue weighted by molar-refractivity contribution is 7.16. The molecule has 2 rings (SSSR count). The van der Waals surface area contributed by atoms with Crippen LogP contribution in [0.3, 0.4) is 0 Å². The Morgan fingerprint density at radius 1 is 1.46 bits per heavy atom. The highest BCUT2D eigenvalue weighted by Gasteiger charge is 2.27. The quantitative estimate of drug-likeness (QED) is 0.586. The van der Waals surface area contributed by atoms with E-state index in [1.54, 1.807) is 11.3 Å². The number of nitrogens with one attached hydrogen (secondary N) is 2. The van der Waals surface area contributed by atoms with Crippen molar-refractivity contribution in [2.75, 3.05) is 26.2 Å². The topological polar surface area (TPSA) is 66.0 Å². The molecule has 26 heavy (non-hydrogen) atoms. The van der Waals surface area contributed by atoms with Crippen molar-refractivity contribution in [2.45, 2.75) is 52.2 Å². The van der Waals surface area contributed by atoms with Crippen molar-refractivity contribution in [3.8, 4) is 0 Å². The van der Waals surface area contributed by atoms with Gasteiger partial charge in [0.25, 0.3) is 0 Å². The second-order valence-electron chi connectivity index (χ2n) is 7.27. The third kappa shape index (κ3) is 7.03. The van der Waals surface area contributed by atoms with Crippen molar-refractivity contribution in [1.82, 2.24) is 15.5 Å². The van der Waals surface area contributed by atoms with Crippen molar-refractivity contribution in [3.05, 3.63) is 21.3 Å². The van der Waals surface area contributed by atoms with Gasteiger partial charge in [-0.2, -0.15) is 0 Å². The van der Waals surface area contributed by atoms with Gasteiger partial charge in [-0.15, -0.1) is 11.3 Å². The fraction of sp³-hybridized carbons (Fsp3) is 0.667. The van der Waals surface area contributed by atoms with E-state index < -0.39 is 5.60 Å². The lowest BCUT2D eigenvalue weighted by Gasteiger charge is -2.23. The average Bonchev–Trinajstić information content (AvgIpc) is 3.13. The van der Waals surface area contributed by atoms with E-state index in [1.807, 2.05) is 32.9 Å². The van der Waals surface area contributed by atoms with E-state index in [2.05, 4.69) is 22.5 Å². The van der Waals surface area contributed by atoms with Crippen LogP contribution in [0.4, 0.5) is 4.79 Å². The molecule has 0 aliphatic carbocycles. The van der Waals surface area contributed by atoms with E-state index in [0.717, 1.165) is 42.8 Å². The predicted molar refractivity (Wildman–Crippen MR) is 108 cm³/mol. The summed E-state index contributed by atoms with van der Waals surface area (Å²) in [6, 6.07) is 4.04. The summed E-state index contributed by atoms with van der Waals surface area (Å²) in [4.78, 5) is 20.1. The second-order valence-corrected chi connectivity index (χ2v) is 9.07. The van der Waals surface area contributed by atoms with Crippen molar-refractivity contribution >= 4 is 35.0 Å². The Hall–Kier alpha value is -1.47. The van der Waals surface area contributed by atoms with Gasteiger partial charge in [0.1, 0.15) is 5.60 Å². The number of hydrogen-bond acceptors (Lipinski definition) is 4. The highest BCUT2D eigenvalue weighted by atomic mass is 35.5. The van der Waals surface area contributed by atoms with Crippen molar-refractivity contribution in [3.63, 3.8) is 0 Å². The molecule has 0 saturated carbocycles. The van der Waals surface area contributed by atoms with Crippen LogP contribution in [0, 0.1) is 0 Å². The number of thiophene rings is 1. The molecule has 1 aliphatic rings. The number of halogens is 1. The van der Waals surface area contributed by atoms with Crippen molar-refractivity contribution < 1.29 is 9.53 Å². The summed E-state index contributed by atoms with van der Waals surface area (Å²) in [5.74, 6) is 0.892. The molecule has 8 heteroatoms. The fourth-order valence-electron chi connectivity index (χ4n) is 2.73. The Kier molecular flexibility index (Phi) is 7.58. The van der Waals surface area contributed by atoms with Crippen LogP contribution in [0.25, 0.3) is 0 Å². The van der Waals surface area contributed by atoms with E-state index >= 15 is 0 Å². The van der Waals surface area contributed by atoms with Gasteiger partial charge in [0.05, 0.1) is 10.4 Å². The summed E-state index contributed by atoms with van der Waals surface area (Å²) < 4.78 is 6.15. The lowest BCUT2D eigenvalue weighted by molar-refractivity contribution is 0.0507. The van der Waals surface area contributed by atoms with Crippen LogP contribution in [0.2, 0.25) is 4.34 Å². The Morgan fingerprint density at radius 2 is 2.23 bits per heavy atom. The minimum absolute atomic E-state index is 0.0739. The van der Waals surface area contributed by atoms with Gasteiger partial charge < -0.3 is 20.3 Å². The molecule has 0 bridgehead atoms. The maximum atomic E-state index is 11.9. The van der Waals surface area contributed by atoms with Crippen LogP contribution in [0.1, 0.15) is 39.0 Å². The Balaban J connectivity index is 1.85. The Morgan fingerprint density at radius 3 is 2.85 bits per heavy atom. The summed E-state index contributed by atoms with van der Waals surface area (Å²) in [6.45, 7) is 10.8. The number of carbonyl (C=O) groups is 1. The molecule has 0 radical (unpaired) electrons. The SMILES string of the molecule is CCNC(=NCCc1ccc(Cl)s1)N1CCC(NC(=O)OC(C)(C)C)C1. The molecule has 1 fully saturated rings.